The smallest absolute Gasteiger partial charge is 0.272 e. The highest BCUT2D eigenvalue weighted by Gasteiger charge is 2.35. The van der Waals surface area contributed by atoms with E-state index in [-0.39, 0.29) is 22.8 Å². The zero-order chi connectivity index (χ0) is 50.8. The molecule has 7 amide bonds. The molecular weight excluding hydrogens is 899 g/mol. The summed E-state index contributed by atoms with van der Waals surface area (Å²) in [4.78, 5) is 96.5. The van der Waals surface area contributed by atoms with Crippen LogP contribution in [0.3, 0.4) is 0 Å². The Labute approximate surface area is 383 Å². The minimum absolute atomic E-state index is 0.0291. The number of hydrogen-bond acceptors (Lipinski definition) is 16. The van der Waals surface area contributed by atoms with Crippen molar-refractivity contribution < 1.29 is 48.9 Å². The predicted octanol–water partition coefficient (Wildman–Crippen LogP) is -8.30. The van der Waals surface area contributed by atoms with Crippen LogP contribution in [0.5, 0.6) is 11.5 Å². The van der Waals surface area contributed by atoms with Gasteiger partial charge in [0, 0.05) is 11.1 Å². The average Bonchev–Trinajstić information content (AvgIpc) is 3.26. The number of nitrogens with zero attached hydrogens (tertiary/aromatic N) is 1. The second-order valence-electron chi connectivity index (χ2n) is 13.7. The number of amides is 7. The van der Waals surface area contributed by atoms with Crippen molar-refractivity contribution in [2.45, 2.75) is 43.1 Å². The average molecular weight is 948 g/mol. The van der Waals surface area contributed by atoms with Crippen LogP contribution in [-0.4, -0.2) is 123 Å². The molecule has 0 spiro atoms. The number of aliphatic imine (C=N–C) groups is 1. The van der Waals surface area contributed by atoms with E-state index in [1.54, 1.807) is 6.07 Å². The molecule has 3 aromatic carbocycles. The summed E-state index contributed by atoms with van der Waals surface area (Å²) in [5.41, 5.74) is 32.8. The molecule has 0 aliphatic heterocycles. The highest BCUT2D eigenvalue weighted by Crippen LogP contribution is 2.19. The van der Waals surface area contributed by atoms with Gasteiger partial charge in [-0.3, -0.25) is 55.2 Å². The standard InChI is InChI=1S/C37H49N21O10/c38-21(22(39)61)50-28(63)23(55-34(40)41)52-30(65)25(57-36(44)45)54-31(66)26(58-37(46)47)53-29(64)24(56-35(42)43)51-27(62)20(14-4-2-1-3-5-14)49-33(68)32(67)48-19(15-6-10-17(59)11-7-15)16-8-12-18(60)13-9-16/h1-13,20-21,23-26,32,59-60,67H,38H2,(H2,39,61)(H,49,68)(H,50,63)(H,51,62)(H,52,65)(H,53,64)(H,54,66)(H4,40,41,55)(H4,42,43,56)(H4,44,45,57)(H4,46,47,58). The van der Waals surface area contributed by atoms with Crippen molar-refractivity contribution >= 4 is 70.9 Å². The van der Waals surface area contributed by atoms with Crippen LogP contribution in [0.25, 0.3) is 0 Å². The first-order valence-electron chi connectivity index (χ1n) is 19.1. The molecule has 31 heteroatoms. The molecule has 0 aromatic heterocycles. The molecule has 3 aromatic rings. The number of carbonyl (C=O) groups is 7. The summed E-state index contributed by atoms with van der Waals surface area (Å²) in [5.74, 6) is -13.1. The van der Waals surface area contributed by atoms with E-state index in [1.165, 1.54) is 72.8 Å². The molecule has 7 unspecified atom stereocenters. The zero-order valence-corrected chi connectivity index (χ0v) is 35.2. The lowest BCUT2D eigenvalue weighted by Gasteiger charge is -2.28. The van der Waals surface area contributed by atoms with E-state index in [0.29, 0.717) is 11.1 Å². The third kappa shape index (κ3) is 16.4. The molecule has 0 saturated carbocycles. The lowest BCUT2D eigenvalue weighted by molar-refractivity contribution is -0.136. The molecule has 29 N–H and O–H groups in total. The fourth-order valence-corrected chi connectivity index (χ4v) is 5.40. The first-order chi connectivity index (χ1) is 31.9. The van der Waals surface area contributed by atoms with Gasteiger partial charge in [-0.1, -0.05) is 30.3 Å². The number of primary amides is 1. The Morgan fingerprint density at radius 1 is 0.456 bits per heavy atom. The minimum Gasteiger partial charge on any atom is -0.508 e. The molecule has 0 bridgehead atoms. The number of aliphatic hydroxyl groups is 1. The van der Waals surface area contributed by atoms with Gasteiger partial charge in [0.05, 0.1) is 5.71 Å². The van der Waals surface area contributed by atoms with Crippen LogP contribution >= 0.6 is 0 Å². The summed E-state index contributed by atoms with van der Waals surface area (Å²) >= 11 is 0. The number of carbonyl (C=O) groups excluding carboxylic acids is 7. The van der Waals surface area contributed by atoms with Gasteiger partial charge in [-0.25, -0.2) is 4.99 Å². The summed E-state index contributed by atoms with van der Waals surface area (Å²) in [7, 11) is 0. The molecule has 0 radical (unpaired) electrons. The van der Waals surface area contributed by atoms with E-state index in [9.17, 15) is 48.9 Å². The summed E-state index contributed by atoms with van der Waals surface area (Å²) in [5, 5.41) is 82.1. The maximum Gasteiger partial charge on any atom is 0.272 e. The number of rotatable bonds is 21. The van der Waals surface area contributed by atoms with E-state index in [0.717, 1.165) is 0 Å². The maximum atomic E-state index is 14.0. The Balaban J connectivity index is 1.91. The van der Waals surface area contributed by atoms with E-state index in [4.69, 9.17) is 56.0 Å². The predicted molar refractivity (Wildman–Crippen MR) is 238 cm³/mol. The number of aromatic hydroxyl groups is 2. The Hall–Kier alpha value is -9.78. The topological polar surface area (TPSA) is 564 Å². The third-order valence-electron chi connectivity index (χ3n) is 8.45. The zero-order valence-electron chi connectivity index (χ0n) is 35.2. The van der Waals surface area contributed by atoms with Crippen molar-refractivity contribution in [1.29, 1.82) is 21.6 Å². The van der Waals surface area contributed by atoms with E-state index >= 15 is 0 Å². The Morgan fingerprint density at radius 2 is 0.794 bits per heavy atom. The van der Waals surface area contributed by atoms with Gasteiger partial charge in [-0.15, -0.1) is 0 Å². The molecule has 3 rings (SSSR count). The molecule has 68 heavy (non-hydrogen) atoms. The fourth-order valence-electron chi connectivity index (χ4n) is 5.40. The number of aliphatic hydroxyl groups excluding tert-OH is 1. The minimum atomic E-state index is -2.21. The normalized spacial score (nSPS) is 13.5. The summed E-state index contributed by atoms with van der Waals surface area (Å²) in [6, 6.07) is 16.7. The van der Waals surface area contributed by atoms with E-state index in [1.807, 2.05) is 26.6 Å². The van der Waals surface area contributed by atoms with Crippen molar-refractivity contribution in [2.75, 3.05) is 0 Å². The van der Waals surface area contributed by atoms with Gasteiger partial charge in [-0.05, 0) is 54.1 Å². The van der Waals surface area contributed by atoms with Crippen molar-refractivity contribution in [1.82, 2.24) is 53.2 Å². The van der Waals surface area contributed by atoms with Crippen LogP contribution in [0.4, 0.5) is 0 Å². The maximum absolute atomic E-state index is 14.0. The Morgan fingerprint density at radius 3 is 1.13 bits per heavy atom. The van der Waals surface area contributed by atoms with Gasteiger partial charge in [0.1, 0.15) is 17.5 Å². The van der Waals surface area contributed by atoms with Crippen molar-refractivity contribution in [3.05, 3.63) is 95.6 Å². The summed E-state index contributed by atoms with van der Waals surface area (Å²) in [6.07, 6.45) is -12.4. The number of guanidine groups is 4. The number of phenols is 2. The highest BCUT2D eigenvalue weighted by molar-refractivity contribution is 6.13. The molecule has 0 saturated heterocycles. The number of nitrogens with one attached hydrogen (secondary N) is 14. The number of phenolic OH excluding ortho intramolecular Hbond substituents is 2. The van der Waals surface area contributed by atoms with Gasteiger partial charge < -0.3 is 103 Å². The van der Waals surface area contributed by atoms with E-state index < -0.39 is 108 Å². The van der Waals surface area contributed by atoms with Crippen LogP contribution < -0.4 is 87.6 Å². The lowest BCUT2D eigenvalue weighted by atomic mass is 10.0. The van der Waals surface area contributed by atoms with Crippen LogP contribution in [-0.2, 0) is 33.6 Å². The second-order valence-corrected chi connectivity index (χ2v) is 13.7. The summed E-state index contributed by atoms with van der Waals surface area (Å²) in [6.45, 7) is 0. The van der Waals surface area contributed by atoms with Crippen LogP contribution in [0.1, 0.15) is 22.7 Å². The number of nitrogens with two attached hydrogens (primary N) is 6. The van der Waals surface area contributed by atoms with Gasteiger partial charge >= 0.3 is 0 Å². The lowest BCUT2D eigenvalue weighted by Crippen LogP contribution is -2.69. The SMILES string of the molecule is N=C(N)NC(NC(=O)C(NC(=N)N)NC(=O)C(NC(=N)N)NC(=O)C(NC(=N)N)NC(=O)C(NC(=O)C(O)N=C(c1ccc(O)cc1)c1ccc(O)cc1)c1ccccc1)C(=O)NC(N)C(N)=O. The largest absolute Gasteiger partial charge is 0.508 e. The Kier molecular flexibility index (Phi) is 18.8. The Bertz CT molecular complexity index is 2370. The van der Waals surface area contributed by atoms with Crippen molar-refractivity contribution in [3.8, 4) is 11.5 Å². The molecule has 0 aliphatic rings. The molecular formula is C37H49N21O10. The molecule has 0 fully saturated rings. The monoisotopic (exact) mass is 947 g/mol. The van der Waals surface area contributed by atoms with Crippen LogP contribution in [0.15, 0.2) is 83.9 Å². The quantitative estimate of drug-likeness (QED) is 0.0268. The number of benzene rings is 3. The molecule has 0 heterocycles. The van der Waals surface area contributed by atoms with Crippen molar-refractivity contribution in [3.63, 3.8) is 0 Å². The third-order valence-corrected chi connectivity index (χ3v) is 8.45. The molecule has 362 valence electrons. The highest BCUT2D eigenvalue weighted by atomic mass is 16.3. The van der Waals surface area contributed by atoms with Gasteiger partial charge in [0.2, 0.25) is 12.1 Å². The van der Waals surface area contributed by atoms with Crippen LogP contribution in [0, 0.1) is 21.6 Å². The second kappa shape index (κ2) is 24.3. The molecule has 0 aliphatic carbocycles. The first kappa shape index (κ1) is 52.6. The van der Waals surface area contributed by atoms with E-state index in [2.05, 4.69) is 31.6 Å². The van der Waals surface area contributed by atoms with Crippen molar-refractivity contribution in [2.24, 2.45) is 39.4 Å². The van der Waals surface area contributed by atoms with Crippen LogP contribution in [0.2, 0.25) is 0 Å². The van der Waals surface area contributed by atoms with Gasteiger partial charge in [0.15, 0.2) is 54.7 Å². The van der Waals surface area contributed by atoms with Gasteiger partial charge in [-0.2, -0.15) is 0 Å². The molecule has 7 atom stereocenters. The molecule has 31 nitrogen and oxygen atoms in total. The number of hydrogen-bond donors (Lipinski definition) is 23. The fraction of sp³-hybridized carbons (Fsp3) is 0.189. The summed E-state index contributed by atoms with van der Waals surface area (Å²) < 4.78 is 0. The van der Waals surface area contributed by atoms with Gasteiger partial charge in [0.25, 0.3) is 35.4 Å². The first-order valence-corrected chi connectivity index (χ1v) is 19.1.